The second-order valence-corrected chi connectivity index (χ2v) is 4.85. The molecule has 0 aliphatic heterocycles. The molecule has 0 saturated heterocycles. The van der Waals surface area contributed by atoms with E-state index in [-0.39, 0.29) is 0 Å². The van der Waals surface area contributed by atoms with Crippen LogP contribution in [0, 0.1) is 0 Å². The molecule has 0 amide bonds. The van der Waals surface area contributed by atoms with Crippen LogP contribution in [0.5, 0.6) is 11.5 Å². The van der Waals surface area contributed by atoms with E-state index >= 15 is 0 Å². The minimum Gasteiger partial charge on any atom is -0.456 e. The molecule has 2 rings (SSSR count). The van der Waals surface area contributed by atoms with Crippen molar-refractivity contribution in [1.82, 2.24) is 4.98 Å². The standard InChI is InChI=1S/C14H14BrNO2/c1-2-14(17)10-3-5-12(6-4-10)18-13-7-11(15)8-16-9-13/h3-9,14,17H,2H2,1H3. The van der Waals surface area contributed by atoms with Gasteiger partial charge in [0.15, 0.2) is 0 Å². The first-order chi connectivity index (χ1) is 8.69. The third-order valence-electron chi connectivity index (χ3n) is 2.57. The molecular formula is C14H14BrNO2. The van der Waals surface area contributed by atoms with E-state index in [2.05, 4.69) is 20.9 Å². The highest BCUT2D eigenvalue weighted by molar-refractivity contribution is 9.10. The van der Waals surface area contributed by atoms with Crippen LogP contribution in [0.2, 0.25) is 0 Å². The fourth-order valence-electron chi connectivity index (χ4n) is 1.58. The fraction of sp³-hybridized carbons (Fsp3) is 0.214. The predicted molar refractivity (Wildman–Crippen MR) is 73.7 cm³/mol. The highest BCUT2D eigenvalue weighted by Crippen LogP contribution is 2.25. The van der Waals surface area contributed by atoms with E-state index in [9.17, 15) is 5.11 Å². The van der Waals surface area contributed by atoms with Gasteiger partial charge in [-0.2, -0.15) is 0 Å². The minimum atomic E-state index is -0.411. The summed E-state index contributed by atoms with van der Waals surface area (Å²) >= 11 is 3.34. The first-order valence-electron chi connectivity index (χ1n) is 5.75. The largest absolute Gasteiger partial charge is 0.456 e. The molecule has 94 valence electrons. The van der Waals surface area contributed by atoms with E-state index in [0.717, 1.165) is 15.8 Å². The molecule has 1 aromatic heterocycles. The summed E-state index contributed by atoms with van der Waals surface area (Å²) in [6.45, 7) is 1.95. The molecule has 0 saturated carbocycles. The number of pyridine rings is 1. The topological polar surface area (TPSA) is 42.4 Å². The van der Waals surface area contributed by atoms with Crippen molar-refractivity contribution in [1.29, 1.82) is 0 Å². The van der Waals surface area contributed by atoms with Crippen LogP contribution in [0.4, 0.5) is 0 Å². The summed E-state index contributed by atoms with van der Waals surface area (Å²) in [6.07, 6.45) is 3.65. The number of halogens is 1. The Balaban J connectivity index is 2.11. The first-order valence-corrected chi connectivity index (χ1v) is 6.54. The maximum atomic E-state index is 9.69. The average Bonchev–Trinajstić information content (AvgIpc) is 2.39. The summed E-state index contributed by atoms with van der Waals surface area (Å²) in [4.78, 5) is 4.03. The highest BCUT2D eigenvalue weighted by atomic mass is 79.9. The van der Waals surface area contributed by atoms with Crippen LogP contribution < -0.4 is 4.74 Å². The van der Waals surface area contributed by atoms with Gasteiger partial charge in [0, 0.05) is 10.7 Å². The number of hydrogen-bond donors (Lipinski definition) is 1. The van der Waals surface area contributed by atoms with Gasteiger partial charge in [0.2, 0.25) is 0 Å². The van der Waals surface area contributed by atoms with Crippen LogP contribution in [-0.4, -0.2) is 10.1 Å². The SMILES string of the molecule is CCC(O)c1ccc(Oc2cncc(Br)c2)cc1. The summed E-state index contributed by atoms with van der Waals surface area (Å²) in [5.74, 6) is 1.40. The molecule has 1 N–H and O–H groups in total. The van der Waals surface area contributed by atoms with Crippen molar-refractivity contribution in [3.05, 3.63) is 52.8 Å². The Morgan fingerprint density at radius 2 is 1.94 bits per heavy atom. The molecule has 1 heterocycles. The third kappa shape index (κ3) is 3.31. The van der Waals surface area contributed by atoms with Crippen molar-refractivity contribution in [2.75, 3.05) is 0 Å². The van der Waals surface area contributed by atoms with Gasteiger partial charge in [-0.15, -0.1) is 0 Å². The van der Waals surface area contributed by atoms with Crippen molar-refractivity contribution in [3.63, 3.8) is 0 Å². The molecule has 4 heteroatoms. The summed E-state index contributed by atoms with van der Waals surface area (Å²) in [6, 6.07) is 9.27. The lowest BCUT2D eigenvalue weighted by atomic mass is 10.1. The normalized spacial score (nSPS) is 12.2. The van der Waals surface area contributed by atoms with Crippen molar-refractivity contribution in [2.45, 2.75) is 19.4 Å². The van der Waals surface area contributed by atoms with Crippen LogP contribution in [-0.2, 0) is 0 Å². The van der Waals surface area contributed by atoms with Gasteiger partial charge in [-0.3, -0.25) is 4.98 Å². The van der Waals surface area contributed by atoms with Crippen LogP contribution >= 0.6 is 15.9 Å². The Morgan fingerprint density at radius 1 is 1.22 bits per heavy atom. The summed E-state index contributed by atoms with van der Waals surface area (Å²) in [5.41, 5.74) is 0.900. The van der Waals surface area contributed by atoms with Crippen molar-refractivity contribution >= 4 is 15.9 Å². The van der Waals surface area contributed by atoms with Gasteiger partial charge in [0.1, 0.15) is 11.5 Å². The van der Waals surface area contributed by atoms with E-state index in [1.807, 2.05) is 37.3 Å². The first kappa shape index (κ1) is 13.1. The smallest absolute Gasteiger partial charge is 0.146 e. The zero-order valence-corrected chi connectivity index (χ0v) is 11.6. The lowest BCUT2D eigenvalue weighted by Crippen LogP contribution is -1.94. The van der Waals surface area contributed by atoms with Crippen molar-refractivity contribution < 1.29 is 9.84 Å². The number of nitrogens with zero attached hydrogens (tertiary/aromatic N) is 1. The van der Waals surface area contributed by atoms with Gasteiger partial charge in [-0.25, -0.2) is 0 Å². The number of hydrogen-bond acceptors (Lipinski definition) is 3. The van der Waals surface area contributed by atoms with Gasteiger partial charge < -0.3 is 9.84 Å². The molecule has 3 nitrogen and oxygen atoms in total. The monoisotopic (exact) mass is 307 g/mol. The van der Waals surface area contributed by atoms with Gasteiger partial charge in [-0.1, -0.05) is 19.1 Å². The molecule has 2 aromatic rings. The maximum Gasteiger partial charge on any atom is 0.146 e. The third-order valence-corrected chi connectivity index (χ3v) is 3.00. The summed E-state index contributed by atoms with van der Waals surface area (Å²) in [7, 11) is 0. The van der Waals surface area contributed by atoms with E-state index < -0.39 is 6.10 Å². The van der Waals surface area contributed by atoms with E-state index in [1.54, 1.807) is 12.4 Å². The fourth-order valence-corrected chi connectivity index (χ4v) is 1.92. The lowest BCUT2D eigenvalue weighted by molar-refractivity contribution is 0.173. The lowest BCUT2D eigenvalue weighted by Gasteiger charge is -2.09. The second-order valence-electron chi connectivity index (χ2n) is 3.93. The molecule has 0 spiro atoms. The zero-order chi connectivity index (χ0) is 13.0. The van der Waals surface area contributed by atoms with Crippen molar-refractivity contribution in [3.8, 4) is 11.5 Å². The van der Waals surface area contributed by atoms with Crippen LogP contribution in [0.15, 0.2) is 47.2 Å². The van der Waals surface area contributed by atoms with Gasteiger partial charge in [-0.05, 0) is 46.1 Å². The van der Waals surface area contributed by atoms with Gasteiger partial charge in [0.05, 0.1) is 12.3 Å². The Kier molecular flexibility index (Phi) is 4.33. The number of benzene rings is 1. The zero-order valence-electron chi connectivity index (χ0n) is 10.0. The second kappa shape index (κ2) is 5.98. The quantitative estimate of drug-likeness (QED) is 0.925. The molecule has 18 heavy (non-hydrogen) atoms. The molecule has 0 bridgehead atoms. The van der Waals surface area contributed by atoms with E-state index in [4.69, 9.17) is 4.74 Å². The van der Waals surface area contributed by atoms with Crippen LogP contribution in [0.25, 0.3) is 0 Å². The molecular weight excluding hydrogens is 294 g/mol. The molecule has 0 aliphatic carbocycles. The highest BCUT2D eigenvalue weighted by Gasteiger charge is 2.05. The van der Waals surface area contributed by atoms with Crippen LogP contribution in [0.3, 0.4) is 0 Å². The molecule has 0 fully saturated rings. The Bertz CT molecular complexity index is 513. The minimum absolute atomic E-state index is 0.411. The maximum absolute atomic E-state index is 9.69. The summed E-state index contributed by atoms with van der Waals surface area (Å²) < 4.78 is 6.53. The molecule has 1 aromatic carbocycles. The average molecular weight is 308 g/mol. The van der Waals surface area contributed by atoms with Gasteiger partial charge >= 0.3 is 0 Å². The van der Waals surface area contributed by atoms with Crippen LogP contribution in [0.1, 0.15) is 25.0 Å². The van der Waals surface area contributed by atoms with E-state index in [0.29, 0.717) is 12.2 Å². The Hall–Kier alpha value is -1.39. The number of aromatic nitrogens is 1. The Morgan fingerprint density at radius 3 is 2.56 bits per heavy atom. The predicted octanol–water partition coefficient (Wildman–Crippen LogP) is 4.08. The number of ether oxygens (including phenoxy) is 1. The Labute approximate surface area is 115 Å². The molecule has 1 unspecified atom stereocenters. The van der Waals surface area contributed by atoms with E-state index in [1.165, 1.54) is 0 Å². The molecule has 0 radical (unpaired) electrons. The number of aliphatic hydroxyl groups excluding tert-OH is 1. The van der Waals surface area contributed by atoms with Crippen molar-refractivity contribution in [2.24, 2.45) is 0 Å². The molecule has 1 atom stereocenters. The van der Waals surface area contributed by atoms with Gasteiger partial charge in [0.25, 0.3) is 0 Å². The summed E-state index contributed by atoms with van der Waals surface area (Å²) in [5, 5.41) is 9.69. The number of rotatable bonds is 4. The number of aliphatic hydroxyl groups is 1. The molecule has 0 aliphatic rings.